The van der Waals surface area contributed by atoms with Crippen LogP contribution in [0, 0.1) is 0 Å². The van der Waals surface area contributed by atoms with E-state index in [4.69, 9.17) is 27.8 Å². The van der Waals surface area contributed by atoms with Crippen LogP contribution in [-0.4, -0.2) is 65.3 Å². The number of ether oxygens (including phenoxy) is 4. The Bertz CT molecular complexity index is 830. The van der Waals surface area contributed by atoms with Gasteiger partial charge in [0.15, 0.2) is 41.7 Å². The molecule has 10 heteroatoms. The first-order valence-corrected chi connectivity index (χ1v) is 20.7. The normalized spacial score (nSPS) is 28.4. The molecule has 1 aromatic rings. The molecular weight excluding hydrogens is 487 g/mol. The van der Waals surface area contributed by atoms with Crippen LogP contribution in [0.5, 0.6) is 0 Å². The smallest absolute Gasteiger partial charge is 0.190 e. The molecule has 1 aromatic carbocycles. The van der Waals surface area contributed by atoms with E-state index in [-0.39, 0.29) is 6.61 Å². The average molecular weight is 531 g/mol. The third-order valence-electron chi connectivity index (χ3n) is 5.48. The summed E-state index contributed by atoms with van der Waals surface area (Å²) < 4.78 is 53.7. The van der Waals surface area contributed by atoms with Gasteiger partial charge in [-0.1, -0.05) is 30.3 Å². The lowest BCUT2D eigenvalue weighted by molar-refractivity contribution is -0.145. The van der Waals surface area contributed by atoms with Crippen LogP contribution in [0.2, 0.25) is 39.3 Å². The maximum atomic E-state index is 15.7. The molecule has 2 aliphatic heterocycles. The lowest BCUT2D eigenvalue weighted by Gasteiger charge is -2.42. The highest BCUT2D eigenvalue weighted by molar-refractivity contribution is 7.72. The quantitative estimate of drug-likeness (QED) is 0.315. The van der Waals surface area contributed by atoms with Gasteiger partial charge in [-0.15, -0.1) is 0 Å². The minimum atomic E-state index is -3.53. The predicted octanol–water partition coefficient (Wildman–Crippen LogP) is 5.33. The Morgan fingerprint density at radius 1 is 0.912 bits per heavy atom. The third kappa shape index (κ3) is 6.90. The van der Waals surface area contributed by atoms with Gasteiger partial charge < -0.3 is 32.4 Å². The molecule has 0 aliphatic carbocycles. The first kappa shape index (κ1) is 28.2. The number of hydrogen-bond acceptors (Lipinski definition) is 7. The molecule has 0 spiro atoms. The van der Waals surface area contributed by atoms with E-state index in [0.717, 1.165) is 0 Å². The molecule has 0 radical (unpaired) electrons. The maximum Gasteiger partial charge on any atom is 0.190 e. The van der Waals surface area contributed by atoms with Crippen LogP contribution in [0.4, 0.5) is 0 Å². The van der Waals surface area contributed by atoms with Gasteiger partial charge in [0, 0.05) is 5.30 Å². The second kappa shape index (κ2) is 9.84. The molecule has 2 saturated heterocycles. The van der Waals surface area contributed by atoms with E-state index in [9.17, 15) is 0 Å². The topological polar surface area (TPSA) is 72.5 Å². The largest absolute Gasteiger partial charge is 0.405 e. The van der Waals surface area contributed by atoms with Crippen molar-refractivity contribution in [2.75, 3.05) is 13.2 Å². The molecule has 0 N–H and O–H groups in total. The van der Waals surface area contributed by atoms with Crippen molar-refractivity contribution in [2.45, 2.75) is 102 Å². The van der Waals surface area contributed by atoms with Gasteiger partial charge in [-0.05, 0) is 67.0 Å². The zero-order valence-electron chi connectivity index (χ0n) is 22.4. The van der Waals surface area contributed by atoms with Crippen molar-refractivity contribution in [1.82, 2.24) is 0 Å². The van der Waals surface area contributed by atoms with Crippen LogP contribution in [0.15, 0.2) is 30.3 Å². The van der Waals surface area contributed by atoms with Crippen molar-refractivity contribution >= 4 is 29.1 Å². The zero-order chi connectivity index (χ0) is 25.6. The van der Waals surface area contributed by atoms with E-state index in [2.05, 4.69) is 39.3 Å². The zero-order valence-corrected chi connectivity index (χ0v) is 25.3. The molecule has 0 saturated carbocycles. The van der Waals surface area contributed by atoms with Gasteiger partial charge in [0.1, 0.15) is 11.9 Å². The highest BCUT2D eigenvalue weighted by atomic mass is 31.2. The van der Waals surface area contributed by atoms with Crippen molar-refractivity contribution in [3.05, 3.63) is 30.3 Å². The summed E-state index contributed by atoms with van der Waals surface area (Å²) in [6.07, 6.45) is -1.30. The van der Waals surface area contributed by atoms with Gasteiger partial charge in [-0.2, -0.15) is 0 Å². The van der Waals surface area contributed by atoms with Crippen LogP contribution >= 0.6 is 7.14 Å². The molecular formula is C24H43O7PSi2. The highest BCUT2D eigenvalue weighted by Gasteiger charge is 2.57. The van der Waals surface area contributed by atoms with Crippen molar-refractivity contribution < 1.29 is 32.4 Å². The van der Waals surface area contributed by atoms with Crippen LogP contribution < -0.4 is 5.30 Å². The second-order valence-electron chi connectivity index (χ2n) is 12.2. The molecule has 0 amide bonds. The summed E-state index contributed by atoms with van der Waals surface area (Å²) in [4.78, 5) is 0. The molecule has 5 atom stereocenters. The Hall–Kier alpha value is -0.356. The van der Waals surface area contributed by atoms with Crippen molar-refractivity contribution in [1.29, 1.82) is 0 Å². The summed E-state index contributed by atoms with van der Waals surface area (Å²) in [5.74, 6) is -2.39. The summed E-state index contributed by atoms with van der Waals surface area (Å²) in [5, 5.41) is 0.673. The Balaban J connectivity index is 2.20. The van der Waals surface area contributed by atoms with Gasteiger partial charge in [0.25, 0.3) is 0 Å². The van der Waals surface area contributed by atoms with Crippen molar-refractivity contribution in [3.8, 4) is 0 Å². The fourth-order valence-corrected chi connectivity index (χ4v) is 11.7. The summed E-state index contributed by atoms with van der Waals surface area (Å²) in [7, 11) is -7.91. The number of hydrogen-bond donors (Lipinski definition) is 0. The van der Waals surface area contributed by atoms with Gasteiger partial charge in [0.2, 0.25) is 0 Å². The van der Waals surface area contributed by atoms with E-state index in [1.807, 2.05) is 58.0 Å². The minimum absolute atomic E-state index is 0.288. The molecule has 0 unspecified atom stereocenters. The predicted molar refractivity (Wildman–Crippen MR) is 140 cm³/mol. The van der Waals surface area contributed by atoms with Crippen molar-refractivity contribution in [2.24, 2.45) is 0 Å². The van der Waals surface area contributed by atoms with Gasteiger partial charge in [-0.3, -0.25) is 0 Å². The molecule has 2 heterocycles. The molecule has 0 aromatic heterocycles. The summed E-state index contributed by atoms with van der Waals surface area (Å²) in [5.41, 5.74) is -0.503. The van der Waals surface area contributed by atoms with Gasteiger partial charge in [0.05, 0.1) is 18.8 Å². The molecule has 194 valence electrons. The van der Waals surface area contributed by atoms with E-state index in [1.165, 1.54) is 0 Å². The molecule has 2 fully saturated rings. The monoisotopic (exact) mass is 530 g/mol. The highest BCUT2D eigenvalue weighted by Crippen LogP contribution is 2.61. The van der Waals surface area contributed by atoms with Crippen LogP contribution in [-0.2, 0) is 32.4 Å². The summed E-state index contributed by atoms with van der Waals surface area (Å²) >= 11 is 0. The van der Waals surface area contributed by atoms with Gasteiger partial charge >= 0.3 is 0 Å². The summed E-state index contributed by atoms with van der Waals surface area (Å²) in [6, 6.07) is 9.50. The van der Waals surface area contributed by atoms with E-state index in [0.29, 0.717) is 11.9 Å². The van der Waals surface area contributed by atoms with Crippen LogP contribution in [0.25, 0.3) is 0 Å². The Kier molecular flexibility index (Phi) is 8.16. The molecule has 34 heavy (non-hydrogen) atoms. The van der Waals surface area contributed by atoms with Crippen LogP contribution in [0.1, 0.15) is 27.7 Å². The number of benzene rings is 1. The fourth-order valence-electron chi connectivity index (χ4n) is 4.20. The Morgan fingerprint density at radius 2 is 1.47 bits per heavy atom. The van der Waals surface area contributed by atoms with E-state index in [1.54, 1.807) is 0 Å². The first-order valence-electron chi connectivity index (χ1n) is 12.0. The Labute approximate surface area is 207 Å². The van der Waals surface area contributed by atoms with Gasteiger partial charge in [-0.25, -0.2) is 0 Å². The minimum Gasteiger partial charge on any atom is -0.405 e. The molecule has 3 rings (SSSR count). The second-order valence-corrected chi connectivity index (χ2v) is 24.1. The first-order chi connectivity index (χ1) is 15.4. The third-order valence-corrected chi connectivity index (χ3v) is 11.2. The molecule has 0 bridgehead atoms. The Morgan fingerprint density at radius 3 is 1.91 bits per heavy atom. The number of rotatable bonds is 9. The van der Waals surface area contributed by atoms with E-state index >= 15 is 4.57 Å². The standard InChI is InChI=1S/C24H43O7PSi2/c1-23(2)17-26-20(29-23)22(31-34(8,9)10)32(25,18-14-12-11-13-15-18)21(30-33(5,6)7)19-16-27-24(3,4)28-19/h11-15,19-22H,16-17H2,1-10H3/t19-,20-,21+,22+,32-/m0/s1. The lowest BCUT2D eigenvalue weighted by atomic mass is 10.2. The summed E-state index contributed by atoms with van der Waals surface area (Å²) in [6.45, 7) is 20.9. The van der Waals surface area contributed by atoms with Crippen LogP contribution in [0.3, 0.4) is 0 Å². The molecule has 2 aliphatic rings. The van der Waals surface area contributed by atoms with E-state index < -0.39 is 59.2 Å². The molecule has 7 nitrogen and oxygen atoms in total. The average Bonchev–Trinajstić information content (AvgIpc) is 3.24. The van der Waals surface area contributed by atoms with Crippen molar-refractivity contribution in [3.63, 3.8) is 0 Å². The SMILES string of the molecule is CC1(C)CO[C@H]([C@H](O[Si](C)(C)C)[P@](=O)(c2ccccc2)[C@@H](O[Si](C)(C)C)[C@@H]2COC(C)(C)O2)O1. The lowest BCUT2D eigenvalue weighted by Crippen LogP contribution is -2.49. The fraction of sp³-hybridized carbons (Fsp3) is 0.750. The maximum absolute atomic E-state index is 15.7.